The Balaban J connectivity index is 2.46. The molecule has 2 unspecified atom stereocenters. The molecule has 0 bridgehead atoms. The van der Waals surface area contributed by atoms with Crippen molar-refractivity contribution >= 4 is 29.5 Å². The maximum absolute atomic E-state index is 14.0. The minimum Gasteiger partial charge on any atom is -0.497 e. The summed E-state index contributed by atoms with van der Waals surface area (Å²) in [4.78, 5) is 53.4. The number of nitrogens with zero attached hydrogens (tertiary/aromatic N) is 1. The molecule has 4 amide bonds. The number of anilines is 1. The second kappa shape index (κ2) is 14.8. The van der Waals surface area contributed by atoms with Crippen molar-refractivity contribution in [3.63, 3.8) is 0 Å². The van der Waals surface area contributed by atoms with E-state index in [1.54, 1.807) is 76.4 Å². The molecule has 0 fully saturated rings. The van der Waals surface area contributed by atoms with Crippen LogP contribution in [-0.2, 0) is 19.1 Å². The first kappa shape index (κ1) is 31.1. The van der Waals surface area contributed by atoms with E-state index in [9.17, 15) is 19.2 Å². The van der Waals surface area contributed by atoms with Crippen molar-refractivity contribution in [2.24, 2.45) is 5.73 Å². The molecule has 2 rings (SSSR count). The van der Waals surface area contributed by atoms with Gasteiger partial charge in [0.1, 0.15) is 23.4 Å². The minimum atomic E-state index is -1.13. The highest BCUT2D eigenvalue weighted by Gasteiger charge is 2.36. The Bertz CT molecular complexity index is 1100. The average molecular weight is 541 g/mol. The third kappa shape index (κ3) is 10.3. The standard InChI is InChI=1S/C29H40N4O6/c1-6-7-19-33(27(36)23(17-18-24(30)34)32-28(37)39-29(2,3)4)25(20-11-9-8-10-12-20)26(35)31-21-13-15-22(38-5)16-14-21/h8-16,23,25H,6-7,17-19H2,1-5H3,(H2,30,34)(H,31,35)(H,32,37). The van der Waals surface area contributed by atoms with Gasteiger partial charge in [-0.1, -0.05) is 43.7 Å². The fourth-order valence-electron chi connectivity index (χ4n) is 3.88. The summed E-state index contributed by atoms with van der Waals surface area (Å²) in [7, 11) is 1.55. The van der Waals surface area contributed by atoms with Crippen molar-refractivity contribution in [2.75, 3.05) is 19.0 Å². The number of carbonyl (C=O) groups excluding carboxylic acids is 4. The predicted molar refractivity (Wildman–Crippen MR) is 149 cm³/mol. The number of alkyl carbamates (subject to hydrolysis) is 1. The summed E-state index contributed by atoms with van der Waals surface area (Å²) in [6.45, 7) is 7.33. The smallest absolute Gasteiger partial charge is 0.408 e. The number of nitrogens with two attached hydrogens (primary N) is 1. The average Bonchev–Trinajstić information content (AvgIpc) is 2.88. The molecule has 10 nitrogen and oxygen atoms in total. The highest BCUT2D eigenvalue weighted by Crippen LogP contribution is 2.26. The number of benzene rings is 2. The lowest BCUT2D eigenvalue weighted by atomic mass is 10.0. The third-order valence-electron chi connectivity index (χ3n) is 5.74. The van der Waals surface area contributed by atoms with Gasteiger partial charge >= 0.3 is 6.09 Å². The number of ether oxygens (including phenoxy) is 2. The number of hydrogen-bond donors (Lipinski definition) is 3. The maximum atomic E-state index is 14.0. The number of methoxy groups -OCH3 is 1. The molecule has 212 valence electrons. The van der Waals surface area contributed by atoms with Crippen molar-refractivity contribution in [1.82, 2.24) is 10.2 Å². The molecule has 0 heterocycles. The van der Waals surface area contributed by atoms with E-state index in [4.69, 9.17) is 15.2 Å². The Kier molecular flexibility index (Phi) is 11.8. The van der Waals surface area contributed by atoms with Gasteiger partial charge in [0.2, 0.25) is 11.8 Å². The van der Waals surface area contributed by atoms with Crippen LogP contribution in [0.15, 0.2) is 54.6 Å². The van der Waals surface area contributed by atoms with Crippen LogP contribution in [0.25, 0.3) is 0 Å². The summed E-state index contributed by atoms with van der Waals surface area (Å²) < 4.78 is 10.5. The molecule has 0 aliphatic carbocycles. The molecule has 10 heteroatoms. The van der Waals surface area contributed by atoms with Gasteiger partial charge in [-0.25, -0.2) is 4.79 Å². The maximum Gasteiger partial charge on any atom is 0.408 e. The molecule has 2 aromatic rings. The molecule has 0 saturated heterocycles. The zero-order valence-corrected chi connectivity index (χ0v) is 23.4. The second-order valence-corrected chi connectivity index (χ2v) is 10.1. The van der Waals surface area contributed by atoms with Crippen LogP contribution in [0.4, 0.5) is 10.5 Å². The first-order valence-corrected chi connectivity index (χ1v) is 13.0. The first-order valence-electron chi connectivity index (χ1n) is 13.0. The molecule has 2 aromatic carbocycles. The van der Waals surface area contributed by atoms with Crippen LogP contribution in [0, 0.1) is 0 Å². The largest absolute Gasteiger partial charge is 0.497 e. The number of primary amides is 1. The second-order valence-electron chi connectivity index (χ2n) is 10.1. The summed E-state index contributed by atoms with van der Waals surface area (Å²) in [5.74, 6) is -0.926. The van der Waals surface area contributed by atoms with E-state index in [1.165, 1.54) is 4.90 Å². The fourth-order valence-corrected chi connectivity index (χ4v) is 3.88. The molecule has 0 aromatic heterocycles. The van der Waals surface area contributed by atoms with Crippen molar-refractivity contribution in [2.45, 2.75) is 71.1 Å². The summed E-state index contributed by atoms with van der Waals surface area (Å²) in [5.41, 5.74) is 5.68. The van der Waals surface area contributed by atoms with E-state index in [0.29, 0.717) is 23.4 Å². The van der Waals surface area contributed by atoms with E-state index in [1.807, 2.05) is 13.0 Å². The molecular weight excluding hydrogens is 500 g/mol. The van der Waals surface area contributed by atoms with Gasteiger partial charge in [0, 0.05) is 18.7 Å². The lowest BCUT2D eigenvalue weighted by Crippen LogP contribution is -2.52. The van der Waals surface area contributed by atoms with Gasteiger partial charge in [-0.3, -0.25) is 14.4 Å². The Morgan fingerprint density at radius 2 is 1.64 bits per heavy atom. The molecule has 0 aliphatic heterocycles. The van der Waals surface area contributed by atoms with E-state index in [-0.39, 0.29) is 19.4 Å². The molecule has 0 radical (unpaired) electrons. The van der Waals surface area contributed by atoms with E-state index in [2.05, 4.69) is 10.6 Å². The highest BCUT2D eigenvalue weighted by atomic mass is 16.6. The zero-order chi connectivity index (χ0) is 29.0. The molecule has 2 atom stereocenters. The highest BCUT2D eigenvalue weighted by molar-refractivity contribution is 5.99. The monoisotopic (exact) mass is 540 g/mol. The fraction of sp³-hybridized carbons (Fsp3) is 0.448. The van der Waals surface area contributed by atoms with Crippen molar-refractivity contribution in [3.8, 4) is 5.75 Å². The molecular formula is C29H40N4O6. The molecule has 0 saturated carbocycles. The molecule has 0 spiro atoms. The van der Waals surface area contributed by atoms with Gasteiger partial charge in [-0.2, -0.15) is 0 Å². The van der Waals surface area contributed by atoms with Crippen LogP contribution < -0.4 is 21.1 Å². The van der Waals surface area contributed by atoms with Gasteiger partial charge < -0.3 is 30.7 Å². The number of nitrogens with one attached hydrogen (secondary N) is 2. The number of rotatable bonds is 13. The van der Waals surface area contributed by atoms with E-state index in [0.717, 1.165) is 6.42 Å². The van der Waals surface area contributed by atoms with E-state index >= 15 is 0 Å². The van der Waals surface area contributed by atoms with Crippen LogP contribution in [0.3, 0.4) is 0 Å². The number of unbranched alkanes of at least 4 members (excludes halogenated alkanes) is 1. The number of hydrogen-bond acceptors (Lipinski definition) is 6. The van der Waals surface area contributed by atoms with Gasteiger partial charge in [0.25, 0.3) is 5.91 Å². The summed E-state index contributed by atoms with van der Waals surface area (Å²) in [5, 5.41) is 5.48. The Morgan fingerprint density at radius 3 is 2.18 bits per heavy atom. The third-order valence-corrected chi connectivity index (χ3v) is 5.74. The topological polar surface area (TPSA) is 140 Å². The Labute approximate surface area is 230 Å². The van der Waals surface area contributed by atoms with Gasteiger partial charge in [0.05, 0.1) is 7.11 Å². The number of amides is 4. The lowest BCUT2D eigenvalue weighted by molar-refractivity contribution is -0.141. The van der Waals surface area contributed by atoms with Gasteiger partial charge in [-0.15, -0.1) is 0 Å². The normalized spacial score (nSPS) is 12.5. The van der Waals surface area contributed by atoms with Gasteiger partial charge in [0.15, 0.2) is 0 Å². The predicted octanol–water partition coefficient (Wildman–Crippen LogP) is 4.16. The minimum absolute atomic E-state index is 0.0440. The van der Waals surface area contributed by atoms with Crippen LogP contribution in [0.1, 0.15) is 65.0 Å². The van der Waals surface area contributed by atoms with E-state index < -0.39 is 41.5 Å². The molecule has 4 N–H and O–H groups in total. The van der Waals surface area contributed by atoms with Crippen LogP contribution in [0.5, 0.6) is 5.75 Å². The Morgan fingerprint density at radius 1 is 1.00 bits per heavy atom. The van der Waals surface area contributed by atoms with Crippen molar-refractivity contribution in [3.05, 3.63) is 60.2 Å². The quantitative estimate of drug-likeness (QED) is 0.348. The van der Waals surface area contributed by atoms with Gasteiger partial charge in [-0.05, 0) is 63.4 Å². The zero-order valence-electron chi connectivity index (χ0n) is 23.4. The van der Waals surface area contributed by atoms with Crippen LogP contribution in [-0.4, -0.2) is 54.0 Å². The van der Waals surface area contributed by atoms with Crippen LogP contribution >= 0.6 is 0 Å². The summed E-state index contributed by atoms with van der Waals surface area (Å²) in [6, 6.07) is 13.6. The first-order chi connectivity index (χ1) is 18.4. The number of carbonyl (C=O) groups is 4. The van der Waals surface area contributed by atoms with Crippen LogP contribution in [0.2, 0.25) is 0 Å². The lowest BCUT2D eigenvalue weighted by Gasteiger charge is -2.34. The summed E-state index contributed by atoms with van der Waals surface area (Å²) >= 11 is 0. The molecule has 0 aliphatic rings. The van der Waals surface area contributed by atoms with Crippen molar-refractivity contribution in [1.29, 1.82) is 0 Å². The SMILES string of the molecule is CCCCN(C(=O)C(CCC(N)=O)NC(=O)OC(C)(C)C)C(C(=O)Nc1ccc(OC)cc1)c1ccccc1. The Hall–Kier alpha value is -4.08. The van der Waals surface area contributed by atoms with Crippen molar-refractivity contribution < 1.29 is 28.7 Å². The summed E-state index contributed by atoms with van der Waals surface area (Å²) in [6.07, 6.45) is 0.385. The molecule has 39 heavy (non-hydrogen) atoms.